The lowest BCUT2D eigenvalue weighted by Gasteiger charge is -2.21. The molecule has 0 fully saturated rings. The molecule has 2 aromatic rings. The molecule has 5 heteroatoms. The SMILES string of the molecule is CNC(c1ccccc1C)c1cc(C(F)(F)F)ccc1F. The fraction of sp³-hybridized carbons (Fsp3) is 0.250. The third kappa shape index (κ3) is 3.24. The van der Waals surface area contributed by atoms with Crippen molar-refractivity contribution in [2.75, 3.05) is 7.05 Å². The second kappa shape index (κ2) is 5.85. The zero-order valence-corrected chi connectivity index (χ0v) is 11.6. The Kier molecular flexibility index (Phi) is 4.32. The molecule has 1 atom stereocenters. The highest BCUT2D eigenvalue weighted by molar-refractivity contribution is 5.39. The van der Waals surface area contributed by atoms with E-state index in [1.165, 1.54) is 0 Å². The number of rotatable bonds is 3. The number of alkyl halides is 3. The van der Waals surface area contributed by atoms with Crippen molar-refractivity contribution >= 4 is 0 Å². The Hall–Kier alpha value is -1.88. The average molecular weight is 297 g/mol. The minimum atomic E-state index is -4.49. The van der Waals surface area contributed by atoms with Crippen molar-refractivity contribution in [3.63, 3.8) is 0 Å². The van der Waals surface area contributed by atoms with E-state index in [4.69, 9.17) is 0 Å². The fourth-order valence-corrected chi connectivity index (χ4v) is 2.33. The summed E-state index contributed by atoms with van der Waals surface area (Å²) in [7, 11) is 1.59. The molecule has 1 N–H and O–H groups in total. The minimum Gasteiger partial charge on any atom is -0.309 e. The molecule has 0 heterocycles. The van der Waals surface area contributed by atoms with Crippen molar-refractivity contribution in [2.45, 2.75) is 19.1 Å². The summed E-state index contributed by atoms with van der Waals surface area (Å²) in [6.45, 7) is 1.84. The molecule has 0 aliphatic heterocycles. The van der Waals surface area contributed by atoms with Crippen LogP contribution in [-0.2, 0) is 6.18 Å². The van der Waals surface area contributed by atoms with E-state index in [2.05, 4.69) is 5.32 Å². The van der Waals surface area contributed by atoms with Gasteiger partial charge in [-0.1, -0.05) is 24.3 Å². The molecular weight excluding hydrogens is 282 g/mol. The number of benzene rings is 2. The summed E-state index contributed by atoms with van der Waals surface area (Å²) in [5.41, 5.74) is 0.765. The van der Waals surface area contributed by atoms with Crippen molar-refractivity contribution < 1.29 is 17.6 Å². The van der Waals surface area contributed by atoms with E-state index in [1.807, 2.05) is 19.1 Å². The summed E-state index contributed by atoms with van der Waals surface area (Å²) in [6.07, 6.45) is -4.49. The molecule has 2 rings (SSSR count). The van der Waals surface area contributed by atoms with E-state index >= 15 is 0 Å². The van der Waals surface area contributed by atoms with E-state index in [-0.39, 0.29) is 5.56 Å². The van der Waals surface area contributed by atoms with Gasteiger partial charge in [0.1, 0.15) is 5.82 Å². The third-order valence-corrected chi connectivity index (χ3v) is 3.42. The first-order chi connectivity index (χ1) is 9.84. The van der Waals surface area contributed by atoms with Gasteiger partial charge in [0.25, 0.3) is 0 Å². The predicted molar refractivity (Wildman–Crippen MR) is 73.5 cm³/mol. The zero-order valence-electron chi connectivity index (χ0n) is 11.6. The maximum atomic E-state index is 14.0. The lowest BCUT2D eigenvalue weighted by molar-refractivity contribution is -0.137. The topological polar surface area (TPSA) is 12.0 Å². The van der Waals surface area contributed by atoms with Gasteiger partial charge in [-0.3, -0.25) is 0 Å². The van der Waals surface area contributed by atoms with E-state index < -0.39 is 23.6 Å². The number of hydrogen-bond acceptors (Lipinski definition) is 1. The molecule has 0 spiro atoms. The van der Waals surface area contributed by atoms with E-state index in [9.17, 15) is 17.6 Å². The van der Waals surface area contributed by atoms with Crippen molar-refractivity contribution in [1.29, 1.82) is 0 Å². The van der Waals surface area contributed by atoms with Gasteiger partial charge in [0.05, 0.1) is 11.6 Å². The first kappa shape index (κ1) is 15.5. The quantitative estimate of drug-likeness (QED) is 0.825. The third-order valence-electron chi connectivity index (χ3n) is 3.42. The first-order valence-electron chi connectivity index (χ1n) is 6.44. The standard InChI is InChI=1S/C16H15F4N/c1-10-5-3-4-6-12(10)15(21-2)13-9-11(16(18,19)20)7-8-14(13)17/h3-9,15,21H,1-2H3. The average Bonchev–Trinajstić information content (AvgIpc) is 2.42. The van der Waals surface area contributed by atoms with Gasteiger partial charge in [0.15, 0.2) is 0 Å². The molecule has 1 unspecified atom stereocenters. The summed E-state index contributed by atoms with van der Waals surface area (Å²) in [4.78, 5) is 0. The van der Waals surface area contributed by atoms with E-state index in [0.717, 1.165) is 29.3 Å². The van der Waals surface area contributed by atoms with Crippen LogP contribution in [0.3, 0.4) is 0 Å². The van der Waals surface area contributed by atoms with Crippen LogP contribution in [0.5, 0.6) is 0 Å². The summed E-state index contributed by atoms with van der Waals surface area (Å²) >= 11 is 0. The van der Waals surface area contributed by atoms with Gasteiger partial charge in [0.2, 0.25) is 0 Å². The maximum Gasteiger partial charge on any atom is 0.416 e. The van der Waals surface area contributed by atoms with Gasteiger partial charge in [-0.25, -0.2) is 4.39 Å². The number of halogens is 4. The predicted octanol–water partition coefficient (Wildman–Crippen LogP) is 4.46. The largest absolute Gasteiger partial charge is 0.416 e. The highest BCUT2D eigenvalue weighted by Gasteiger charge is 2.32. The van der Waals surface area contributed by atoms with Crippen molar-refractivity contribution in [2.24, 2.45) is 0 Å². The highest BCUT2D eigenvalue weighted by atomic mass is 19.4. The van der Waals surface area contributed by atoms with Gasteiger partial charge >= 0.3 is 6.18 Å². The van der Waals surface area contributed by atoms with Crippen LogP contribution in [0.1, 0.15) is 28.3 Å². The second-order valence-electron chi connectivity index (χ2n) is 4.81. The molecule has 0 aromatic heterocycles. The lowest BCUT2D eigenvalue weighted by Crippen LogP contribution is -2.21. The summed E-state index contributed by atoms with van der Waals surface area (Å²) in [5, 5.41) is 2.89. The maximum absolute atomic E-state index is 14.0. The number of nitrogens with one attached hydrogen (secondary N) is 1. The Bertz CT molecular complexity index is 634. The van der Waals surface area contributed by atoms with Crippen LogP contribution in [-0.4, -0.2) is 7.05 Å². The number of aryl methyl sites for hydroxylation is 1. The van der Waals surface area contributed by atoms with Crippen LogP contribution in [0.15, 0.2) is 42.5 Å². The molecule has 0 aliphatic rings. The Labute approximate surface area is 120 Å². The first-order valence-corrected chi connectivity index (χ1v) is 6.44. The van der Waals surface area contributed by atoms with E-state index in [1.54, 1.807) is 19.2 Å². The van der Waals surface area contributed by atoms with Crippen LogP contribution in [0.25, 0.3) is 0 Å². The normalized spacial score (nSPS) is 13.2. The zero-order chi connectivity index (χ0) is 15.6. The molecule has 0 saturated heterocycles. The Balaban J connectivity index is 2.55. The Morgan fingerprint density at radius 3 is 2.24 bits per heavy atom. The molecule has 21 heavy (non-hydrogen) atoms. The highest BCUT2D eigenvalue weighted by Crippen LogP contribution is 2.34. The van der Waals surface area contributed by atoms with Crippen LogP contribution < -0.4 is 5.32 Å². The fourth-order valence-electron chi connectivity index (χ4n) is 2.33. The second-order valence-corrected chi connectivity index (χ2v) is 4.81. The molecule has 0 radical (unpaired) electrons. The van der Waals surface area contributed by atoms with Crippen LogP contribution in [0.4, 0.5) is 17.6 Å². The molecule has 1 nitrogen and oxygen atoms in total. The van der Waals surface area contributed by atoms with Crippen molar-refractivity contribution in [3.8, 4) is 0 Å². The Morgan fingerprint density at radius 1 is 1.00 bits per heavy atom. The van der Waals surface area contributed by atoms with Crippen LogP contribution >= 0.6 is 0 Å². The Morgan fingerprint density at radius 2 is 1.67 bits per heavy atom. The monoisotopic (exact) mass is 297 g/mol. The summed E-state index contributed by atoms with van der Waals surface area (Å²) < 4.78 is 52.4. The van der Waals surface area contributed by atoms with Crippen LogP contribution in [0.2, 0.25) is 0 Å². The number of hydrogen-bond donors (Lipinski definition) is 1. The summed E-state index contributed by atoms with van der Waals surface area (Å²) in [5.74, 6) is -0.661. The van der Waals surface area contributed by atoms with Gasteiger partial charge in [-0.2, -0.15) is 13.2 Å². The van der Waals surface area contributed by atoms with Gasteiger partial charge < -0.3 is 5.32 Å². The molecule has 2 aromatic carbocycles. The molecule has 0 aliphatic carbocycles. The molecule has 0 amide bonds. The van der Waals surface area contributed by atoms with E-state index in [0.29, 0.717) is 0 Å². The van der Waals surface area contributed by atoms with Gasteiger partial charge in [0, 0.05) is 5.56 Å². The molecule has 112 valence electrons. The van der Waals surface area contributed by atoms with Crippen molar-refractivity contribution in [3.05, 3.63) is 70.5 Å². The molecule has 0 bridgehead atoms. The van der Waals surface area contributed by atoms with Gasteiger partial charge in [-0.05, 0) is 43.3 Å². The minimum absolute atomic E-state index is 0.0124. The van der Waals surface area contributed by atoms with Gasteiger partial charge in [-0.15, -0.1) is 0 Å². The summed E-state index contributed by atoms with van der Waals surface area (Å²) in [6, 6.07) is 9.06. The molecule has 0 saturated carbocycles. The molecular formula is C16H15F4N. The lowest BCUT2D eigenvalue weighted by atomic mass is 9.93. The van der Waals surface area contributed by atoms with Crippen LogP contribution in [0, 0.1) is 12.7 Å². The smallest absolute Gasteiger partial charge is 0.309 e. The van der Waals surface area contributed by atoms with Crippen molar-refractivity contribution in [1.82, 2.24) is 5.32 Å².